The van der Waals surface area contributed by atoms with Crippen molar-refractivity contribution in [3.05, 3.63) is 50.7 Å². The first-order chi connectivity index (χ1) is 9.49. The molecule has 0 bridgehead atoms. The minimum atomic E-state index is -0.598. The number of nitro groups is 1. The smallest absolute Gasteiger partial charge is 0.278 e. The average molecular weight is 342 g/mol. The summed E-state index contributed by atoms with van der Waals surface area (Å²) in [6, 6.07) is 6.60. The van der Waals surface area contributed by atoms with E-state index in [1.807, 2.05) is 0 Å². The van der Waals surface area contributed by atoms with E-state index in [0.29, 0.717) is 4.47 Å². The lowest BCUT2D eigenvalue weighted by Gasteiger charge is -2.07. The molecule has 0 saturated carbocycles. The molecule has 0 saturated heterocycles. The van der Waals surface area contributed by atoms with Crippen LogP contribution in [0.3, 0.4) is 0 Å². The van der Waals surface area contributed by atoms with Gasteiger partial charge in [-0.2, -0.15) is 4.98 Å². The van der Waals surface area contributed by atoms with Crippen LogP contribution in [0.2, 0.25) is 0 Å². The Bertz CT molecular complexity index is 666. The fourth-order valence-electron chi connectivity index (χ4n) is 1.45. The van der Waals surface area contributed by atoms with Crippen molar-refractivity contribution < 1.29 is 14.1 Å². The van der Waals surface area contributed by atoms with Gasteiger partial charge in [0.15, 0.2) is 11.6 Å². The van der Waals surface area contributed by atoms with Crippen LogP contribution in [0.1, 0.15) is 0 Å². The molecule has 2 rings (SSSR count). The molecule has 1 aromatic heterocycles. The number of rotatable bonds is 4. The Kier molecular flexibility index (Phi) is 4.14. The first-order valence-corrected chi connectivity index (χ1v) is 6.26. The summed E-state index contributed by atoms with van der Waals surface area (Å²) >= 11 is 3.12. The molecule has 1 aromatic carbocycles. The Hall–Kier alpha value is -2.22. The van der Waals surface area contributed by atoms with Gasteiger partial charge < -0.3 is 10.1 Å². The SMILES string of the molecule is CNc1cc([N+](=O)[O-])cc(Oc2ccc(Br)cc2F)n1. The van der Waals surface area contributed by atoms with E-state index in [1.54, 1.807) is 13.1 Å². The second-order valence-corrected chi connectivity index (χ2v) is 4.65. The lowest BCUT2D eigenvalue weighted by molar-refractivity contribution is -0.384. The molecule has 0 aliphatic carbocycles. The molecule has 0 atom stereocenters. The van der Waals surface area contributed by atoms with Gasteiger partial charge >= 0.3 is 0 Å². The molecule has 2 aromatic rings. The Balaban J connectivity index is 2.37. The van der Waals surface area contributed by atoms with Crippen LogP contribution in [0.4, 0.5) is 15.9 Å². The summed E-state index contributed by atoms with van der Waals surface area (Å²) in [5, 5.41) is 13.5. The first-order valence-electron chi connectivity index (χ1n) is 5.46. The lowest BCUT2D eigenvalue weighted by Crippen LogP contribution is -1.98. The van der Waals surface area contributed by atoms with Crippen LogP contribution < -0.4 is 10.1 Å². The number of ether oxygens (including phenoxy) is 1. The molecular weight excluding hydrogens is 333 g/mol. The van der Waals surface area contributed by atoms with Gasteiger partial charge in [0.25, 0.3) is 5.69 Å². The summed E-state index contributed by atoms with van der Waals surface area (Å²) < 4.78 is 19.5. The van der Waals surface area contributed by atoms with Gasteiger partial charge in [-0.15, -0.1) is 0 Å². The maximum Gasteiger partial charge on any atom is 0.278 e. The van der Waals surface area contributed by atoms with E-state index in [-0.39, 0.29) is 23.1 Å². The van der Waals surface area contributed by atoms with E-state index in [0.717, 1.165) is 6.07 Å². The minimum absolute atomic E-state index is 0.0650. The highest BCUT2D eigenvalue weighted by atomic mass is 79.9. The molecule has 8 heteroatoms. The summed E-state index contributed by atoms with van der Waals surface area (Å²) in [6.07, 6.45) is 0. The maximum atomic E-state index is 13.6. The molecule has 0 unspecified atom stereocenters. The van der Waals surface area contributed by atoms with Gasteiger partial charge in [-0.3, -0.25) is 10.1 Å². The molecule has 0 aliphatic heterocycles. The molecule has 0 spiro atoms. The molecule has 0 aliphatic rings. The average Bonchev–Trinajstić information content (AvgIpc) is 2.41. The third-order valence-electron chi connectivity index (χ3n) is 2.36. The maximum absolute atomic E-state index is 13.6. The zero-order valence-electron chi connectivity index (χ0n) is 10.3. The van der Waals surface area contributed by atoms with Crippen molar-refractivity contribution in [1.29, 1.82) is 0 Å². The Morgan fingerprint density at radius 3 is 2.75 bits per heavy atom. The zero-order chi connectivity index (χ0) is 14.7. The predicted molar refractivity (Wildman–Crippen MR) is 74.6 cm³/mol. The van der Waals surface area contributed by atoms with Crippen molar-refractivity contribution in [2.24, 2.45) is 0 Å². The number of aromatic nitrogens is 1. The fraction of sp³-hybridized carbons (Fsp3) is 0.0833. The second kappa shape index (κ2) is 5.83. The summed E-state index contributed by atoms with van der Waals surface area (Å²) in [6.45, 7) is 0. The molecule has 20 heavy (non-hydrogen) atoms. The van der Waals surface area contributed by atoms with Gasteiger partial charge in [0, 0.05) is 11.5 Å². The molecule has 104 valence electrons. The van der Waals surface area contributed by atoms with Gasteiger partial charge in [0.2, 0.25) is 5.88 Å². The van der Waals surface area contributed by atoms with E-state index in [4.69, 9.17) is 4.74 Å². The van der Waals surface area contributed by atoms with Crippen molar-refractivity contribution in [1.82, 2.24) is 4.98 Å². The van der Waals surface area contributed by atoms with Crippen LogP contribution in [-0.2, 0) is 0 Å². The van der Waals surface area contributed by atoms with Crippen molar-refractivity contribution in [3.63, 3.8) is 0 Å². The van der Waals surface area contributed by atoms with Gasteiger partial charge in [0.1, 0.15) is 5.82 Å². The number of pyridine rings is 1. The summed E-state index contributed by atoms with van der Waals surface area (Å²) in [5.41, 5.74) is -0.197. The molecule has 0 amide bonds. The first kappa shape index (κ1) is 14.2. The van der Waals surface area contributed by atoms with Crippen LogP contribution >= 0.6 is 15.9 Å². The van der Waals surface area contributed by atoms with Gasteiger partial charge in [-0.25, -0.2) is 4.39 Å². The normalized spacial score (nSPS) is 10.2. The van der Waals surface area contributed by atoms with Gasteiger partial charge in [-0.1, -0.05) is 15.9 Å². The molecule has 6 nitrogen and oxygen atoms in total. The summed E-state index contributed by atoms with van der Waals surface area (Å²) in [4.78, 5) is 14.2. The highest BCUT2D eigenvalue weighted by Gasteiger charge is 2.13. The molecule has 1 N–H and O–H groups in total. The highest BCUT2D eigenvalue weighted by molar-refractivity contribution is 9.10. The zero-order valence-corrected chi connectivity index (χ0v) is 11.8. The van der Waals surface area contributed by atoms with Crippen LogP contribution in [0, 0.1) is 15.9 Å². The molecule has 0 fully saturated rings. The summed E-state index contributed by atoms with van der Waals surface area (Å²) in [5.74, 6) is -0.474. The quantitative estimate of drug-likeness (QED) is 0.677. The number of hydrogen-bond acceptors (Lipinski definition) is 5. The van der Waals surface area contributed by atoms with Gasteiger partial charge in [-0.05, 0) is 18.2 Å². The Morgan fingerprint density at radius 2 is 2.15 bits per heavy atom. The van der Waals surface area contributed by atoms with Crippen molar-refractivity contribution in [3.8, 4) is 11.6 Å². The topological polar surface area (TPSA) is 77.3 Å². The third-order valence-corrected chi connectivity index (χ3v) is 2.86. The monoisotopic (exact) mass is 341 g/mol. The molecular formula is C12H9BrFN3O3. The predicted octanol–water partition coefficient (Wildman–Crippen LogP) is 3.73. The van der Waals surface area contributed by atoms with Crippen LogP contribution in [0.5, 0.6) is 11.6 Å². The third kappa shape index (κ3) is 3.21. The number of hydrogen-bond donors (Lipinski definition) is 1. The van der Waals surface area contributed by atoms with Crippen LogP contribution in [-0.4, -0.2) is 17.0 Å². The lowest BCUT2D eigenvalue weighted by atomic mass is 10.3. The number of halogens is 2. The van der Waals surface area contributed by atoms with E-state index in [1.165, 1.54) is 18.2 Å². The largest absolute Gasteiger partial charge is 0.436 e. The minimum Gasteiger partial charge on any atom is -0.436 e. The van der Waals surface area contributed by atoms with Crippen molar-refractivity contribution >= 4 is 27.4 Å². The van der Waals surface area contributed by atoms with E-state index < -0.39 is 10.7 Å². The molecule has 1 heterocycles. The highest BCUT2D eigenvalue weighted by Crippen LogP contribution is 2.29. The van der Waals surface area contributed by atoms with Crippen molar-refractivity contribution in [2.45, 2.75) is 0 Å². The number of nitrogens with one attached hydrogen (secondary N) is 1. The van der Waals surface area contributed by atoms with Crippen LogP contribution in [0.15, 0.2) is 34.8 Å². The second-order valence-electron chi connectivity index (χ2n) is 3.73. The van der Waals surface area contributed by atoms with E-state index in [2.05, 4.69) is 26.2 Å². The van der Waals surface area contributed by atoms with E-state index in [9.17, 15) is 14.5 Å². The number of anilines is 1. The molecule has 0 radical (unpaired) electrons. The van der Waals surface area contributed by atoms with Crippen molar-refractivity contribution in [2.75, 3.05) is 12.4 Å². The fourth-order valence-corrected chi connectivity index (χ4v) is 1.78. The van der Waals surface area contributed by atoms with E-state index >= 15 is 0 Å². The van der Waals surface area contributed by atoms with Crippen LogP contribution in [0.25, 0.3) is 0 Å². The number of benzene rings is 1. The number of nitrogens with zero attached hydrogens (tertiary/aromatic N) is 2. The standard InChI is InChI=1S/C12H9BrFN3O3/c1-15-11-5-8(17(18)19)6-12(16-11)20-10-3-2-7(13)4-9(10)14/h2-6H,1H3,(H,15,16). The Labute approximate surface area is 121 Å². The van der Waals surface area contributed by atoms with Gasteiger partial charge in [0.05, 0.1) is 17.1 Å². The Morgan fingerprint density at radius 1 is 1.40 bits per heavy atom. The summed E-state index contributed by atoms with van der Waals surface area (Å²) in [7, 11) is 1.57.